The molecule has 25 heavy (non-hydrogen) atoms. The number of nitrogens with zero attached hydrogens (tertiary/aromatic N) is 1. The van der Waals surface area contributed by atoms with E-state index in [4.69, 9.17) is 11.6 Å². The van der Waals surface area contributed by atoms with Crippen molar-refractivity contribution in [3.05, 3.63) is 34.9 Å². The van der Waals surface area contributed by atoms with E-state index in [0.717, 1.165) is 31.2 Å². The zero-order chi connectivity index (χ0) is 18.0. The topological polar surface area (TPSA) is 66.5 Å². The third-order valence-corrected chi connectivity index (χ3v) is 5.52. The summed E-state index contributed by atoms with van der Waals surface area (Å²) in [6.07, 6.45) is 4.15. The largest absolute Gasteiger partial charge is 0.354 e. The molecular formula is C19H23ClN2O3. The summed E-state index contributed by atoms with van der Waals surface area (Å²) in [5, 5.41) is 3.50. The second-order valence-electron chi connectivity index (χ2n) is 6.89. The number of fused-ring (bicyclic) bond motifs is 1. The number of carbonyl (C=O) groups excluding carboxylic acids is 3. The van der Waals surface area contributed by atoms with Gasteiger partial charge in [-0.3, -0.25) is 19.3 Å². The van der Waals surface area contributed by atoms with Crippen molar-refractivity contribution in [2.24, 2.45) is 11.8 Å². The maximum atomic E-state index is 12.5. The Balaban J connectivity index is 1.55. The number of hydrogen-bond donors (Lipinski definition) is 1. The van der Waals surface area contributed by atoms with Crippen LogP contribution in [0.3, 0.4) is 0 Å². The Kier molecular flexibility index (Phi) is 5.42. The lowest BCUT2D eigenvalue weighted by Crippen LogP contribution is -2.48. The van der Waals surface area contributed by atoms with Gasteiger partial charge in [-0.15, -0.1) is 0 Å². The molecule has 3 amide bonds. The van der Waals surface area contributed by atoms with Crippen molar-refractivity contribution in [2.75, 3.05) is 6.54 Å². The third-order valence-electron chi connectivity index (χ3n) is 5.27. The molecule has 3 rings (SSSR count). The molecule has 1 aromatic rings. The number of nitrogens with one attached hydrogen (secondary N) is 1. The summed E-state index contributed by atoms with van der Waals surface area (Å²) >= 11 is 5.85. The van der Waals surface area contributed by atoms with Crippen molar-refractivity contribution in [3.63, 3.8) is 0 Å². The van der Waals surface area contributed by atoms with Gasteiger partial charge in [0.15, 0.2) is 0 Å². The lowest BCUT2D eigenvalue weighted by molar-refractivity contribution is -0.147. The highest BCUT2D eigenvalue weighted by Crippen LogP contribution is 2.38. The summed E-state index contributed by atoms with van der Waals surface area (Å²) in [6, 6.07) is 6.69. The molecule has 0 spiro atoms. The Morgan fingerprint density at radius 1 is 1.16 bits per heavy atom. The monoisotopic (exact) mass is 362 g/mol. The first kappa shape index (κ1) is 17.9. The Bertz CT molecular complexity index is 650. The number of rotatable bonds is 5. The summed E-state index contributed by atoms with van der Waals surface area (Å²) in [5.74, 6) is -1.06. The fourth-order valence-corrected chi connectivity index (χ4v) is 3.94. The smallest absolute Gasteiger partial charge is 0.243 e. The van der Waals surface area contributed by atoms with Crippen LogP contribution in [-0.4, -0.2) is 35.2 Å². The molecule has 1 aromatic carbocycles. The summed E-state index contributed by atoms with van der Waals surface area (Å²) in [6.45, 7) is 2.08. The van der Waals surface area contributed by atoms with E-state index < -0.39 is 6.04 Å². The molecule has 0 aromatic heterocycles. The van der Waals surface area contributed by atoms with Crippen LogP contribution in [0.1, 0.15) is 38.2 Å². The zero-order valence-corrected chi connectivity index (χ0v) is 15.1. The predicted molar refractivity (Wildman–Crippen MR) is 94.9 cm³/mol. The van der Waals surface area contributed by atoms with Gasteiger partial charge in [0, 0.05) is 11.6 Å². The van der Waals surface area contributed by atoms with Crippen molar-refractivity contribution < 1.29 is 14.4 Å². The molecule has 134 valence electrons. The van der Waals surface area contributed by atoms with Crippen molar-refractivity contribution in [1.29, 1.82) is 0 Å². The van der Waals surface area contributed by atoms with Gasteiger partial charge in [-0.05, 0) is 43.9 Å². The number of benzene rings is 1. The molecule has 2 aliphatic rings. The molecule has 6 heteroatoms. The van der Waals surface area contributed by atoms with E-state index in [0.29, 0.717) is 18.0 Å². The van der Waals surface area contributed by atoms with Crippen LogP contribution in [0.4, 0.5) is 0 Å². The molecule has 3 unspecified atom stereocenters. The van der Waals surface area contributed by atoms with Gasteiger partial charge in [0.1, 0.15) is 6.04 Å². The van der Waals surface area contributed by atoms with Gasteiger partial charge in [-0.1, -0.05) is 36.6 Å². The van der Waals surface area contributed by atoms with Gasteiger partial charge in [0.05, 0.1) is 11.8 Å². The van der Waals surface area contributed by atoms with E-state index in [1.807, 2.05) is 24.3 Å². The minimum Gasteiger partial charge on any atom is -0.354 e. The van der Waals surface area contributed by atoms with Crippen LogP contribution in [0.2, 0.25) is 5.02 Å². The van der Waals surface area contributed by atoms with Gasteiger partial charge in [-0.25, -0.2) is 0 Å². The van der Waals surface area contributed by atoms with Crippen molar-refractivity contribution in [1.82, 2.24) is 10.2 Å². The van der Waals surface area contributed by atoms with Crippen LogP contribution in [0, 0.1) is 11.8 Å². The lowest BCUT2D eigenvalue weighted by Gasteiger charge is -2.22. The van der Waals surface area contributed by atoms with E-state index in [2.05, 4.69) is 5.32 Å². The van der Waals surface area contributed by atoms with Crippen LogP contribution in [0.5, 0.6) is 0 Å². The van der Waals surface area contributed by atoms with Crippen LogP contribution < -0.4 is 5.32 Å². The second-order valence-corrected chi connectivity index (χ2v) is 7.32. The summed E-state index contributed by atoms with van der Waals surface area (Å²) < 4.78 is 0. The van der Waals surface area contributed by atoms with E-state index in [1.165, 1.54) is 4.90 Å². The van der Waals surface area contributed by atoms with E-state index >= 15 is 0 Å². The van der Waals surface area contributed by atoms with E-state index in [9.17, 15) is 14.4 Å². The Labute approximate surface area is 152 Å². The van der Waals surface area contributed by atoms with Crippen LogP contribution in [0.15, 0.2) is 24.3 Å². The average Bonchev–Trinajstić information content (AvgIpc) is 2.87. The maximum absolute atomic E-state index is 12.5. The number of likely N-dealkylation sites (tertiary alicyclic amines) is 1. The number of carbonyl (C=O) groups is 3. The zero-order valence-electron chi connectivity index (χ0n) is 14.3. The van der Waals surface area contributed by atoms with Crippen LogP contribution >= 0.6 is 11.6 Å². The highest BCUT2D eigenvalue weighted by Gasteiger charge is 2.50. The van der Waals surface area contributed by atoms with Crippen molar-refractivity contribution in [3.8, 4) is 0 Å². The third kappa shape index (κ3) is 3.71. The summed E-state index contributed by atoms with van der Waals surface area (Å²) in [4.78, 5) is 38.7. The quantitative estimate of drug-likeness (QED) is 0.818. The first-order valence-electron chi connectivity index (χ1n) is 8.88. The minimum absolute atomic E-state index is 0.171. The highest BCUT2D eigenvalue weighted by molar-refractivity contribution is 6.30. The highest BCUT2D eigenvalue weighted by atomic mass is 35.5. The summed E-state index contributed by atoms with van der Waals surface area (Å²) in [7, 11) is 0. The molecule has 0 bridgehead atoms. The fourth-order valence-electron chi connectivity index (χ4n) is 3.82. The van der Waals surface area contributed by atoms with Gasteiger partial charge in [0.2, 0.25) is 17.7 Å². The number of halogens is 1. The first-order chi connectivity index (χ1) is 12.0. The predicted octanol–water partition coefficient (Wildman–Crippen LogP) is 2.56. The van der Waals surface area contributed by atoms with E-state index in [-0.39, 0.29) is 29.6 Å². The first-order valence-corrected chi connectivity index (χ1v) is 9.26. The maximum Gasteiger partial charge on any atom is 0.243 e. The van der Waals surface area contributed by atoms with Gasteiger partial charge in [0.25, 0.3) is 0 Å². The molecule has 1 heterocycles. The second kappa shape index (κ2) is 7.56. The normalized spacial score (nSPS) is 24.2. The SMILES string of the molecule is CC(C(=O)NCCc1ccc(Cl)cc1)N1C(=O)C2CCCCC2C1=O. The molecule has 1 saturated carbocycles. The van der Waals surface area contributed by atoms with Gasteiger partial charge < -0.3 is 5.32 Å². The Morgan fingerprint density at radius 3 is 2.28 bits per heavy atom. The molecule has 5 nitrogen and oxygen atoms in total. The number of imide groups is 1. The summed E-state index contributed by atoms with van der Waals surface area (Å²) in [5.41, 5.74) is 1.07. The molecule has 0 radical (unpaired) electrons. The molecule has 1 N–H and O–H groups in total. The van der Waals surface area contributed by atoms with Crippen LogP contribution in [-0.2, 0) is 20.8 Å². The molecule has 1 aliphatic carbocycles. The Morgan fingerprint density at radius 2 is 1.72 bits per heavy atom. The number of hydrogen-bond acceptors (Lipinski definition) is 3. The fraction of sp³-hybridized carbons (Fsp3) is 0.526. The van der Waals surface area contributed by atoms with Gasteiger partial charge >= 0.3 is 0 Å². The molecular weight excluding hydrogens is 340 g/mol. The number of amides is 3. The average molecular weight is 363 g/mol. The van der Waals surface area contributed by atoms with E-state index in [1.54, 1.807) is 6.92 Å². The standard InChI is InChI=1S/C19H23ClN2O3/c1-12(17(23)21-11-10-13-6-8-14(20)9-7-13)22-18(24)15-4-2-3-5-16(15)19(22)25/h6-9,12,15-16H,2-5,10-11H2,1H3,(H,21,23). The minimum atomic E-state index is -0.754. The lowest BCUT2D eigenvalue weighted by atomic mass is 9.81. The molecule has 2 fully saturated rings. The van der Waals surface area contributed by atoms with Crippen molar-refractivity contribution >= 4 is 29.3 Å². The molecule has 1 saturated heterocycles. The van der Waals surface area contributed by atoms with Crippen molar-refractivity contribution in [2.45, 2.75) is 45.1 Å². The van der Waals surface area contributed by atoms with Gasteiger partial charge in [-0.2, -0.15) is 0 Å². The molecule has 1 aliphatic heterocycles. The molecule has 3 atom stereocenters. The Hall–Kier alpha value is -1.88. The van der Waals surface area contributed by atoms with Crippen LogP contribution in [0.25, 0.3) is 0 Å².